The lowest BCUT2D eigenvalue weighted by Gasteiger charge is -2.34. The second-order valence-electron chi connectivity index (χ2n) is 5.72. The molecule has 2 saturated heterocycles. The fraction of sp³-hybridized carbons (Fsp3) is 0.917. The number of hydrogen-bond acceptors (Lipinski definition) is 4. The van der Waals surface area contributed by atoms with Crippen LogP contribution < -0.4 is 15.8 Å². The van der Waals surface area contributed by atoms with E-state index in [1.165, 1.54) is 4.31 Å². The zero-order valence-electron chi connectivity index (χ0n) is 11.8. The molecule has 7 nitrogen and oxygen atoms in total. The van der Waals surface area contributed by atoms with E-state index < -0.39 is 10.2 Å². The van der Waals surface area contributed by atoms with Gasteiger partial charge in [0.05, 0.1) is 0 Å². The van der Waals surface area contributed by atoms with E-state index in [1.807, 2.05) is 0 Å². The molecule has 1 amide bonds. The largest absolute Gasteiger partial charge is 0.352 e. The van der Waals surface area contributed by atoms with Crippen LogP contribution in [-0.2, 0) is 15.0 Å². The molecule has 0 radical (unpaired) electrons. The number of carbonyl (C=O) groups excluding carboxylic acids is 1. The molecule has 0 spiro atoms. The summed E-state index contributed by atoms with van der Waals surface area (Å²) >= 11 is 0. The molecule has 2 aliphatic heterocycles. The van der Waals surface area contributed by atoms with E-state index in [2.05, 4.69) is 17.6 Å². The summed E-state index contributed by atoms with van der Waals surface area (Å²) < 4.78 is 23.7. The molecule has 2 rings (SSSR count). The summed E-state index contributed by atoms with van der Waals surface area (Å²) in [5.74, 6) is -0.0678. The maximum Gasteiger partial charge on any atom is 0.276 e. The van der Waals surface area contributed by atoms with Crippen molar-refractivity contribution < 1.29 is 13.2 Å². The summed E-state index contributed by atoms with van der Waals surface area (Å²) in [4.78, 5) is 12.2. The highest BCUT2D eigenvalue weighted by Crippen LogP contribution is 2.19. The van der Waals surface area contributed by atoms with E-state index in [0.29, 0.717) is 25.9 Å². The Morgan fingerprint density at radius 1 is 1.30 bits per heavy atom. The van der Waals surface area contributed by atoms with Crippen molar-refractivity contribution in [3.8, 4) is 0 Å². The first-order chi connectivity index (χ1) is 9.38. The summed E-state index contributed by atoms with van der Waals surface area (Å²) in [6.45, 7) is 3.73. The number of piperidine rings is 2. The van der Waals surface area contributed by atoms with Gasteiger partial charge in [-0.05, 0) is 39.2 Å². The van der Waals surface area contributed by atoms with Gasteiger partial charge in [-0.2, -0.15) is 12.7 Å². The van der Waals surface area contributed by atoms with Crippen molar-refractivity contribution >= 4 is 16.1 Å². The second-order valence-corrected chi connectivity index (χ2v) is 7.26. The highest BCUT2D eigenvalue weighted by Gasteiger charge is 2.31. The third kappa shape index (κ3) is 3.91. The topological polar surface area (TPSA) is 105 Å². The third-order valence-electron chi connectivity index (χ3n) is 4.27. The van der Waals surface area contributed by atoms with Crippen LogP contribution in [0.2, 0.25) is 0 Å². The minimum absolute atomic E-state index is 0.0413. The Bertz CT molecular complexity index is 446. The Hall–Kier alpha value is -0.700. The van der Waals surface area contributed by atoms with Crippen molar-refractivity contribution in [3.05, 3.63) is 0 Å². The van der Waals surface area contributed by atoms with Gasteiger partial charge in [0, 0.05) is 31.1 Å². The van der Waals surface area contributed by atoms with Crippen molar-refractivity contribution in [2.75, 3.05) is 19.6 Å². The van der Waals surface area contributed by atoms with Gasteiger partial charge in [0.15, 0.2) is 0 Å². The summed E-state index contributed by atoms with van der Waals surface area (Å²) in [5.41, 5.74) is 0. The Kier molecular flexibility index (Phi) is 5.00. The molecule has 116 valence electrons. The van der Waals surface area contributed by atoms with Crippen LogP contribution in [0.1, 0.15) is 32.6 Å². The number of carbonyl (C=O) groups is 1. The minimum Gasteiger partial charge on any atom is -0.352 e. The highest BCUT2D eigenvalue weighted by atomic mass is 32.2. The van der Waals surface area contributed by atoms with Crippen LogP contribution in [0.4, 0.5) is 0 Å². The summed E-state index contributed by atoms with van der Waals surface area (Å²) in [6.07, 6.45) is 3.14. The Morgan fingerprint density at radius 3 is 2.50 bits per heavy atom. The van der Waals surface area contributed by atoms with Gasteiger partial charge in [-0.25, -0.2) is 5.14 Å². The number of nitrogens with zero attached hydrogens (tertiary/aromatic N) is 1. The van der Waals surface area contributed by atoms with E-state index >= 15 is 0 Å². The lowest BCUT2D eigenvalue weighted by atomic mass is 9.94. The molecule has 4 N–H and O–H groups in total. The Balaban J connectivity index is 1.83. The first kappa shape index (κ1) is 15.7. The van der Waals surface area contributed by atoms with Gasteiger partial charge in [-0.1, -0.05) is 0 Å². The SMILES string of the molecule is CC1NCCCC1NC(=O)C1CCN(S(N)(=O)=O)CC1. The molecular formula is C12H24N4O3S. The fourth-order valence-corrected chi connectivity index (χ4v) is 3.63. The average molecular weight is 304 g/mol. The molecule has 2 atom stereocenters. The predicted octanol–water partition coefficient (Wildman–Crippen LogP) is -0.841. The average Bonchev–Trinajstić information content (AvgIpc) is 2.40. The zero-order chi connectivity index (χ0) is 14.8. The van der Waals surface area contributed by atoms with Crippen molar-refractivity contribution in [2.24, 2.45) is 11.1 Å². The minimum atomic E-state index is -3.62. The molecule has 20 heavy (non-hydrogen) atoms. The smallest absolute Gasteiger partial charge is 0.276 e. The summed E-state index contributed by atoms with van der Waals surface area (Å²) in [6, 6.07) is 0.463. The Morgan fingerprint density at radius 2 is 1.95 bits per heavy atom. The molecule has 0 aromatic heterocycles. The van der Waals surface area contributed by atoms with E-state index in [9.17, 15) is 13.2 Å². The highest BCUT2D eigenvalue weighted by molar-refractivity contribution is 7.86. The van der Waals surface area contributed by atoms with Crippen molar-refractivity contribution in [3.63, 3.8) is 0 Å². The molecule has 0 aromatic rings. The normalized spacial score (nSPS) is 30.1. The van der Waals surface area contributed by atoms with Gasteiger partial charge in [0.25, 0.3) is 10.2 Å². The van der Waals surface area contributed by atoms with Gasteiger partial charge in [0.2, 0.25) is 5.91 Å². The van der Waals surface area contributed by atoms with Crippen LogP contribution in [0, 0.1) is 5.92 Å². The van der Waals surface area contributed by atoms with Crippen LogP contribution in [0.15, 0.2) is 0 Å². The quantitative estimate of drug-likeness (QED) is 0.632. The van der Waals surface area contributed by atoms with Crippen LogP contribution in [0.25, 0.3) is 0 Å². The molecule has 0 aromatic carbocycles. The Labute approximate surface area is 120 Å². The number of amides is 1. The van der Waals surface area contributed by atoms with Gasteiger partial charge < -0.3 is 10.6 Å². The first-order valence-corrected chi connectivity index (χ1v) is 8.70. The van der Waals surface area contributed by atoms with E-state index in [1.54, 1.807) is 0 Å². The molecule has 8 heteroatoms. The molecule has 2 heterocycles. The third-order valence-corrected chi connectivity index (χ3v) is 5.36. The van der Waals surface area contributed by atoms with Crippen molar-refractivity contribution in [1.82, 2.24) is 14.9 Å². The monoisotopic (exact) mass is 304 g/mol. The van der Waals surface area contributed by atoms with Crippen molar-refractivity contribution in [2.45, 2.75) is 44.7 Å². The predicted molar refractivity (Wildman–Crippen MR) is 76.0 cm³/mol. The van der Waals surface area contributed by atoms with Crippen LogP contribution in [0.5, 0.6) is 0 Å². The van der Waals surface area contributed by atoms with Gasteiger partial charge in [-0.3, -0.25) is 4.79 Å². The first-order valence-electron chi connectivity index (χ1n) is 7.19. The maximum atomic E-state index is 12.2. The maximum absolute atomic E-state index is 12.2. The van der Waals surface area contributed by atoms with Gasteiger partial charge in [-0.15, -0.1) is 0 Å². The standard InChI is InChI=1S/C12H24N4O3S/c1-9-11(3-2-6-14-9)15-12(17)10-4-7-16(8-5-10)20(13,18)19/h9-11,14H,2-8H2,1H3,(H,15,17)(H2,13,18,19). The van der Waals surface area contributed by atoms with Gasteiger partial charge >= 0.3 is 0 Å². The van der Waals surface area contributed by atoms with Gasteiger partial charge in [0.1, 0.15) is 0 Å². The molecule has 0 aliphatic carbocycles. The molecule has 2 fully saturated rings. The van der Waals surface area contributed by atoms with E-state index in [0.717, 1.165) is 19.4 Å². The van der Waals surface area contributed by atoms with E-state index in [-0.39, 0.29) is 23.9 Å². The number of hydrogen-bond donors (Lipinski definition) is 3. The van der Waals surface area contributed by atoms with E-state index in [4.69, 9.17) is 5.14 Å². The van der Waals surface area contributed by atoms with Crippen LogP contribution >= 0.6 is 0 Å². The summed E-state index contributed by atoms with van der Waals surface area (Å²) in [5, 5.41) is 11.5. The summed E-state index contributed by atoms with van der Waals surface area (Å²) in [7, 11) is -3.62. The number of rotatable bonds is 3. The molecular weight excluding hydrogens is 280 g/mol. The number of nitrogens with two attached hydrogens (primary N) is 1. The lowest BCUT2D eigenvalue weighted by Crippen LogP contribution is -2.54. The molecule has 2 aliphatic rings. The van der Waals surface area contributed by atoms with Crippen LogP contribution in [0.3, 0.4) is 0 Å². The molecule has 0 bridgehead atoms. The van der Waals surface area contributed by atoms with Crippen LogP contribution in [-0.4, -0.2) is 50.3 Å². The lowest BCUT2D eigenvalue weighted by molar-refractivity contribution is -0.127. The zero-order valence-corrected chi connectivity index (χ0v) is 12.7. The molecule has 0 saturated carbocycles. The fourth-order valence-electron chi connectivity index (χ4n) is 2.91. The second kappa shape index (κ2) is 6.38. The molecule has 2 unspecified atom stereocenters. The van der Waals surface area contributed by atoms with Crippen molar-refractivity contribution in [1.29, 1.82) is 0 Å². The number of nitrogens with one attached hydrogen (secondary N) is 2.